The first kappa shape index (κ1) is 22.8. The molecule has 3 N–H and O–H groups in total. The zero-order valence-electron chi connectivity index (χ0n) is 16.7. The van der Waals surface area contributed by atoms with Crippen LogP contribution in [-0.2, 0) is 16.1 Å². The van der Waals surface area contributed by atoms with Gasteiger partial charge in [0, 0.05) is 20.0 Å². The summed E-state index contributed by atoms with van der Waals surface area (Å²) in [6.07, 6.45) is -0.0611. The Balaban J connectivity index is 0.000000234. The molecule has 0 aromatic heterocycles. The summed E-state index contributed by atoms with van der Waals surface area (Å²) in [5.41, 5.74) is 2.06. The number of carboxylic acids is 1. The van der Waals surface area contributed by atoms with Crippen molar-refractivity contribution < 1.29 is 34.3 Å². The molecule has 1 aliphatic rings. The molecule has 7 nitrogen and oxygen atoms in total. The lowest BCUT2D eigenvalue weighted by atomic mass is 10.1. The Hall–Kier alpha value is -2.45. The molecule has 1 saturated heterocycles. The van der Waals surface area contributed by atoms with Crippen molar-refractivity contribution >= 4 is 5.97 Å². The fraction of sp³-hybridized carbons (Fsp3) is 0.409. The Kier molecular flexibility index (Phi) is 9.08. The molecule has 2 unspecified atom stereocenters. The number of aliphatic hydroxyl groups is 2. The van der Waals surface area contributed by atoms with E-state index in [2.05, 4.69) is 0 Å². The standard InChI is InChI=1S/C15H14O3.C7H14O4/c1-11-7-8-13(9-14(11)15(16)17)18-10-12-5-3-2-4-6-12;1-10-7-3-5(9)2-6(4-8)11-7/h2-9H,10H2,1H3,(H,16,17);5-9H,2-4H2,1H3/t;5?,6?,7-/m.0/s1. The number of rotatable bonds is 6. The van der Waals surface area contributed by atoms with Crippen molar-refractivity contribution in [2.24, 2.45) is 0 Å². The van der Waals surface area contributed by atoms with Gasteiger partial charge in [0.25, 0.3) is 0 Å². The van der Waals surface area contributed by atoms with Crippen LogP contribution in [0.2, 0.25) is 0 Å². The van der Waals surface area contributed by atoms with Gasteiger partial charge in [0.1, 0.15) is 12.4 Å². The number of aliphatic hydroxyl groups excluding tert-OH is 2. The van der Waals surface area contributed by atoms with E-state index in [1.165, 1.54) is 7.11 Å². The second-order valence-corrected chi connectivity index (χ2v) is 6.79. The van der Waals surface area contributed by atoms with Gasteiger partial charge < -0.3 is 29.5 Å². The van der Waals surface area contributed by atoms with E-state index < -0.39 is 12.1 Å². The number of carbonyl (C=O) groups is 1. The molecule has 1 heterocycles. The van der Waals surface area contributed by atoms with Crippen molar-refractivity contribution in [1.29, 1.82) is 0 Å². The van der Waals surface area contributed by atoms with E-state index >= 15 is 0 Å². The van der Waals surface area contributed by atoms with Gasteiger partial charge in [0.15, 0.2) is 6.29 Å². The van der Waals surface area contributed by atoms with Gasteiger partial charge in [0.2, 0.25) is 0 Å². The molecule has 3 rings (SSSR count). The van der Waals surface area contributed by atoms with Crippen LogP contribution in [-0.4, -0.2) is 53.5 Å². The van der Waals surface area contributed by atoms with Gasteiger partial charge >= 0.3 is 5.97 Å². The molecular weight excluding hydrogens is 376 g/mol. The van der Waals surface area contributed by atoms with Gasteiger partial charge in [-0.15, -0.1) is 0 Å². The molecule has 2 aromatic carbocycles. The number of aromatic carboxylic acids is 1. The van der Waals surface area contributed by atoms with E-state index in [0.29, 0.717) is 25.2 Å². The Morgan fingerprint density at radius 1 is 1.17 bits per heavy atom. The van der Waals surface area contributed by atoms with Crippen molar-refractivity contribution in [2.45, 2.75) is 44.9 Å². The van der Waals surface area contributed by atoms with Crippen LogP contribution in [0.15, 0.2) is 48.5 Å². The number of hydrogen-bond donors (Lipinski definition) is 3. The summed E-state index contributed by atoms with van der Waals surface area (Å²) in [6.45, 7) is 2.14. The maximum Gasteiger partial charge on any atom is 0.336 e. The maximum atomic E-state index is 11.0. The van der Waals surface area contributed by atoms with Crippen LogP contribution in [0.4, 0.5) is 0 Å². The highest BCUT2D eigenvalue weighted by Gasteiger charge is 2.27. The summed E-state index contributed by atoms with van der Waals surface area (Å²) in [7, 11) is 1.52. The summed E-state index contributed by atoms with van der Waals surface area (Å²) in [5.74, 6) is -0.362. The van der Waals surface area contributed by atoms with Crippen LogP contribution in [0, 0.1) is 6.92 Å². The quantitative estimate of drug-likeness (QED) is 0.680. The topological polar surface area (TPSA) is 105 Å². The summed E-state index contributed by atoms with van der Waals surface area (Å²) in [4.78, 5) is 11.0. The molecule has 7 heteroatoms. The lowest BCUT2D eigenvalue weighted by Crippen LogP contribution is -2.38. The van der Waals surface area contributed by atoms with Crippen molar-refractivity contribution in [3.63, 3.8) is 0 Å². The Labute approximate surface area is 170 Å². The van der Waals surface area contributed by atoms with E-state index in [1.54, 1.807) is 25.1 Å². The number of aryl methyl sites for hydroxylation is 1. The van der Waals surface area contributed by atoms with Crippen molar-refractivity contribution in [1.82, 2.24) is 0 Å². The summed E-state index contributed by atoms with van der Waals surface area (Å²) < 4.78 is 15.7. The molecule has 3 atom stereocenters. The number of hydrogen-bond acceptors (Lipinski definition) is 6. The third-order valence-corrected chi connectivity index (χ3v) is 4.50. The molecule has 1 fully saturated rings. The highest BCUT2D eigenvalue weighted by Crippen LogP contribution is 2.20. The zero-order chi connectivity index (χ0) is 21.2. The van der Waals surface area contributed by atoms with Crippen LogP contribution < -0.4 is 4.74 Å². The van der Waals surface area contributed by atoms with Crippen LogP contribution in [0.25, 0.3) is 0 Å². The van der Waals surface area contributed by atoms with Gasteiger partial charge in [-0.05, 0) is 30.2 Å². The first-order valence-corrected chi connectivity index (χ1v) is 9.40. The molecule has 0 amide bonds. The van der Waals surface area contributed by atoms with Crippen LogP contribution in [0.5, 0.6) is 5.75 Å². The predicted molar refractivity (Wildman–Crippen MR) is 107 cm³/mol. The van der Waals surface area contributed by atoms with Gasteiger partial charge in [-0.2, -0.15) is 0 Å². The summed E-state index contributed by atoms with van der Waals surface area (Å²) in [6, 6.07) is 14.8. The largest absolute Gasteiger partial charge is 0.489 e. The van der Waals surface area contributed by atoms with Gasteiger partial charge in [-0.1, -0.05) is 36.4 Å². The minimum Gasteiger partial charge on any atom is -0.489 e. The van der Waals surface area contributed by atoms with E-state index in [9.17, 15) is 9.90 Å². The maximum absolute atomic E-state index is 11.0. The van der Waals surface area contributed by atoms with Crippen LogP contribution >= 0.6 is 0 Å². The van der Waals surface area contributed by atoms with Crippen LogP contribution in [0.1, 0.15) is 34.3 Å². The first-order chi connectivity index (χ1) is 13.9. The van der Waals surface area contributed by atoms with Crippen LogP contribution in [0.3, 0.4) is 0 Å². The van der Waals surface area contributed by atoms with E-state index in [4.69, 9.17) is 24.4 Å². The number of benzene rings is 2. The molecule has 0 saturated carbocycles. The average Bonchev–Trinajstić information content (AvgIpc) is 2.73. The molecule has 29 heavy (non-hydrogen) atoms. The molecular formula is C22H28O7. The smallest absolute Gasteiger partial charge is 0.336 e. The molecule has 2 aromatic rings. The minimum absolute atomic E-state index is 0.0586. The van der Waals surface area contributed by atoms with Crippen molar-refractivity contribution in [2.75, 3.05) is 13.7 Å². The predicted octanol–water partition coefficient (Wildman–Crippen LogP) is 2.76. The molecule has 1 aliphatic heterocycles. The fourth-order valence-electron chi connectivity index (χ4n) is 2.88. The number of carboxylic acid groups (broad SMARTS) is 1. The summed E-state index contributed by atoms with van der Waals surface area (Å²) >= 11 is 0. The molecule has 0 aliphatic carbocycles. The normalized spacial score (nSPS) is 21.0. The molecule has 0 spiro atoms. The fourth-order valence-corrected chi connectivity index (χ4v) is 2.88. The van der Waals surface area contributed by atoms with E-state index in [0.717, 1.165) is 11.1 Å². The van der Waals surface area contributed by atoms with Gasteiger partial charge in [-0.25, -0.2) is 4.79 Å². The van der Waals surface area contributed by atoms with Gasteiger partial charge in [0.05, 0.1) is 24.4 Å². The van der Waals surface area contributed by atoms with Crippen molar-refractivity contribution in [3.8, 4) is 5.75 Å². The first-order valence-electron chi connectivity index (χ1n) is 9.40. The highest BCUT2D eigenvalue weighted by molar-refractivity contribution is 5.89. The zero-order valence-corrected chi connectivity index (χ0v) is 16.7. The SMILES string of the molecule is CO[C@@H]1CC(O)CC(CO)O1.Cc1ccc(OCc2ccccc2)cc1C(=O)O. The average molecular weight is 404 g/mol. The molecule has 0 bridgehead atoms. The number of methoxy groups -OCH3 is 1. The lowest BCUT2D eigenvalue weighted by molar-refractivity contribution is -0.210. The second kappa shape index (κ2) is 11.5. The third kappa shape index (κ3) is 7.47. The third-order valence-electron chi connectivity index (χ3n) is 4.50. The van der Waals surface area contributed by atoms with Crippen molar-refractivity contribution in [3.05, 3.63) is 65.2 Å². The van der Waals surface area contributed by atoms with Gasteiger partial charge in [-0.3, -0.25) is 0 Å². The van der Waals surface area contributed by atoms with E-state index in [-0.39, 0.29) is 24.6 Å². The Morgan fingerprint density at radius 3 is 2.52 bits per heavy atom. The Morgan fingerprint density at radius 2 is 1.90 bits per heavy atom. The van der Waals surface area contributed by atoms with E-state index in [1.807, 2.05) is 30.3 Å². The monoisotopic (exact) mass is 404 g/mol. The Bertz CT molecular complexity index is 751. The second-order valence-electron chi connectivity index (χ2n) is 6.79. The molecule has 158 valence electrons. The highest BCUT2D eigenvalue weighted by atomic mass is 16.7. The molecule has 0 radical (unpaired) electrons. The lowest BCUT2D eigenvalue weighted by Gasteiger charge is -2.30. The minimum atomic E-state index is -0.933. The number of ether oxygens (including phenoxy) is 3. The summed E-state index contributed by atoms with van der Waals surface area (Å²) in [5, 5.41) is 27.0.